The van der Waals surface area contributed by atoms with E-state index < -0.39 is 0 Å². The molecule has 2 aromatic heterocycles. The van der Waals surface area contributed by atoms with Crippen molar-refractivity contribution in [1.29, 1.82) is 0 Å². The van der Waals surface area contributed by atoms with E-state index in [4.69, 9.17) is 9.52 Å². The number of fused-ring (bicyclic) bond motifs is 3. The van der Waals surface area contributed by atoms with Crippen molar-refractivity contribution in [3.8, 4) is 22.4 Å². The number of aromatic nitrogens is 1. The van der Waals surface area contributed by atoms with Gasteiger partial charge in [-0.15, -0.1) is 18.2 Å². The molecule has 0 aliphatic rings. The van der Waals surface area contributed by atoms with Crippen LogP contribution in [0.3, 0.4) is 0 Å². The summed E-state index contributed by atoms with van der Waals surface area (Å²) in [5.74, 6) is -0.0625. The summed E-state index contributed by atoms with van der Waals surface area (Å²) in [5.41, 5.74) is 8.28. The Balaban J connectivity index is 0.000000378. The van der Waals surface area contributed by atoms with E-state index in [1.807, 2.05) is 30.5 Å². The van der Waals surface area contributed by atoms with Crippen molar-refractivity contribution in [3.63, 3.8) is 0 Å². The Morgan fingerprint density at radius 2 is 1.71 bits per heavy atom. The maximum absolute atomic E-state index is 10.0. The Morgan fingerprint density at radius 3 is 2.37 bits per heavy atom. The third-order valence-corrected chi connectivity index (χ3v) is 5.47. The number of carbonyl (C=O) groups excluding carboxylic acids is 1. The van der Waals surface area contributed by atoms with Crippen LogP contribution in [0.15, 0.2) is 89.2 Å². The summed E-state index contributed by atoms with van der Waals surface area (Å²) in [6.07, 6.45) is 3.10. The zero-order valence-electron chi connectivity index (χ0n) is 20.0. The second-order valence-electron chi connectivity index (χ2n) is 8.34. The monoisotopic (exact) mass is 641 g/mol. The zero-order chi connectivity index (χ0) is 24.2. The van der Waals surface area contributed by atoms with E-state index in [-0.39, 0.29) is 31.6 Å². The van der Waals surface area contributed by atoms with Crippen LogP contribution in [0.1, 0.15) is 25.0 Å². The van der Waals surface area contributed by atoms with Crippen LogP contribution < -0.4 is 0 Å². The summed E-state index contributed by atoms with van der Waals surface area (Å²) in [7, 11) is 0. The van der Waals surface area contributed by atoms with E-state index >= 15 is 0 Å². The van der Waals surface area contributed by atoms with Crippen LogP contribution in [-0.2, 0) is 24.9 Å². The van der Waals surface area contributed by atoms with Gasteiger partial charge in [0, 0.05) is 37.8 Å². The average molecular weight is 641 g/mol. The SMILES string of the molecule is CC(=O)/C=C(/C)O.Cc1ccc(-c2cc(-c3[c-]ccc4c3oc3ccccc34)ncc2C)cc1.[Ir]. The van der Waals surface area contributed by atoms with Crippen molar-refractivity contribution in [2.75, 3.05) is 0 Å². The van der Waals surface area contributed by atoms with Gasteiger partial charge in [0.2, 0.25) is 0 Å². The molecule has 0 bridgehead atoms. The molecule has 0 aliphatic carbocycles. The first-order valence-electron chi connectivity index (χ1n) is 11.1. The molecule has 5 aromatic rings. The molecule has 0 atom stereocenters. The number of aryl methyl sites for hydroxylation is 2. The molecule has 2 heterocycles. The molecule has 5 heteroatoms. The van der Waals surface area contributed by atoms with Gasteiger partial charge in [0.15, 0.2) is 5.78 Å². The number of aliphatic hydroxyl groups is 1. The van der Waals surface area contributed by atoms with Crippen molar-refractivity contribution in [3.05, 3.63) is 102 Å². The number of para-hydroxylation sites is 1. The number of furan rings is 1. The molecule has 0 saturated carbocycles. The van der Waals surface area contributed by atoms with E-state index in [2.05, 4.69) is 67.4 Å². The molecule has 0 saturated heterocycles. The van der Waals surface area contributed by atoms with Gasteiger partial charge >= 0.3 is 0 Å². The van der Waals surface area contributed by atoms with Gasteiger partial charge < -0.3 is 14.5 Å². The van der Waals surface area contributed by atoms with Gasteiger partial charge in [-0.25, -0.2) is 0 Å². The number of ketones is 1. The van der Waals surface area contributed by atoms with Crippen LogP contribution in [0.5, 0.6) is 0 Å². The maximum atomic E-state index is 10.0. The molecule has 0 fully saturated rings. The predicted octanol–water partition coefficient (Wildman–Crippen LogP) is 7.77. The zero-order valence-corrected chi connectivity index (χ0v) is 22.4. The smallest absolute Gasteiger partial charge is 0.155 e. The Labute approximate surface area is 218 Å². The average Bonchev–Trinajstić information content (AvgIpc) is 3.19. The van der Waals surface area contributed by atoms with E-state index in [1.165, 1.54) is 36.6 Å². The maximum Gasteiger partial charge on any atom is 0.155 e. The van der Waals surface area contributed by atoms with Crippen molar-refractivity contribution in [2.45, 2.75) is 27.7 Å². The van der Waals surface area contributed by atoms with Crippen molar-refractivity contribution in [1.82, 2.24) is 4.98 Å². The largest absolute Gasteiger partial charge is 0.512 e. The second-order valence-corrected chi connectivity index (χ2v) is 8.34. The minimum Gasteiger partial charge on any atom is -0.512 e. The quantitative estimate of drug-likeness (QED) is 0.124. The van der Waals surface area contributed by atoms with Crippen LogP contribution >= 0.6 is 0 Å². The number of hydrogen-bond donors (Lipinski definition) is 1. The van der Waals surface area contributed by atoms with Gasteiger partial charge in [0.1, 0.15) is 5.58 Å². The van der Waals surface area contributed by atoms with Crippen LogP contribution in [0.2, 0.25) is 0 Å². The molecule has 0 aliphatic heterocycles. The first-order valence-corrected chi connectivity index (χ1v) is 11.1. The Morgan fingerprint density at radius 1 is 1.00 bits per heavy atom. The molecule has 0 unspecified atom stereocenters. The first-order chi connectivity index (χ1) is 16.3. The van der Waals surface area contributed by atoms with Gasteiger partial charge in [-0.05, 0) is 56.1 Å². The number of carbonyl (C=O) groups is 1. The van der Waals surface area contributed by atoms with Crippen molar-refractivity contribution in [2.24, 2.45) is 0 Å². The summed E-state index contributed by atoms with van der Waals surface area (Å²) in [4.78, 5) is 14.7. The Bertz CT molecular complexity index is 1510. The van der Waals surface area contributed by atoms with Gasteiger partial charge in [0.25, 0.3) is 0 Å². The molecule has 3 aromatic carbocycles. The fourth-order valence-corrected chi connectivity index (χ4v) is 3.88. The predicted molar refractivity (Wildman–Crippen MR) is 138 cm³/mol. The summed E-state index contributed by atoms with van der Waals surface area (Å²) >= 11 is 0. The molecular weight excluding hydrogens is 615 g/mol. The topological polar surface area (TPSA) is 63.3 Å². The summed E-state index contributed by atoms with van der Waals surface area (Å²) in [6, 6.07) is 26.2. The van der Waals surface area contributed by atoms with Gasteiger partial charge in [-0.2, -0.15) is 0 Å². The molecule has 1 N–H and O–H groups in total. The third kappa shape index (κ3) is 5.94. The summed E-state index contributed by atoms with van der Waals surface area (Å²) < 4.78 is 6.16. The van der Waals surface area contributed by atoms with E-state index in [0.717, 1.165) is 38.8 Å². The van der Waals surface area contributed by atoms with Gasteiger partial charge in [0.05, 0.1) is 11.3 Å². The second kappa shape index (κ2) is 11.3. The Kier molecular flexibility index (Phi) is 8.39. The van der Waals surface area contributed by atoms with Crippen LogP contribution in [-0.4, -0.2) is 15.9 Å². The number of pyridine rings is 1. The molecule has 4 nitrogen and oxygen atoms in total. The van der Waals surface area contributed by atoms with Gasteiger partial charge in [-0.3, -0.25) is 4.79 Å². The number of rotatable bonds is 3. The first kappa shape index (κ1) is 26.1. The standard InChI is InChI=1S/C25H18NO.C5H8O2.Ir/c1-16-10-12-18(13-11-16)22-14-23(26-15-17(22)2)21-8-5-7-20-19-6-3-4-9-24(19)27-25(20)21;1-4(6)3-5(2)7;/h3-7,9-15H,1-2H3;3,6H,1-2H3;/q-1;;/b;4-3-;. The number of aliphatic hydroxyl groups excluding tert-OH is 1. The Hall–Kier alpha value is -3.53. The summed E-state index contributed by atoms with van der Waals surface area (Å²) in [5, 5.41) is 10.6. The third-order valence-electron chi connectivity index (χ3n) is 5.47. The van der Waals surface area contributed by atoms with E-state index in [1.54, 1.807) is 0 Å². The molecule has 5 rings (SSSR count). The molecular formula is C30H26IrNO3-. The molecule has 179 valence electrons. The fraction of sp³-hybridized carbons (Fsp3) is 0.133. The van der Waals surface area contributed by atoms with Crippen LogP contribution in [0.25, 0.3) is 44.3 Å². The minimum atomic E-state index is -0.125. The van der Waals surface area contributed by atoms with Crippen LogP contribution in [0.4, 0.5) is 0 Å². The number of nitrogens with zero attached hydrogens (tertiary/aromatic N) is 1. The minimum absolute atomic E-state index is 0. The molecule has 1 radical (unpaired) electrons. The van der Waals surface area contributed by atoms with E-state index in [9.17, 15) is 4.79 Å². The number of benzene rings is 3. The van der Waals surface area contributed by atoms with Crippen LogP contribution in [0, 0.1) is 19.9 Å². The normalized spacial score (nSPS) is 11.0. The van der Waals surface area contributed by atoms with Crippen molar-refractivity contribution >= 4 is 27.7 Å². The molecule has 0 spiro atoms. The number of hydrogen-bond acceptors (Lipinski definition) is 4. The summed E-state index contributed by atoms with van der Waals surface area (Å²) in [6.45, 7) is 7.05. The molecule has 35 heavy (non-hydrogen) atoms. The molecule has 0 amide bonds. The fourth-order valence-electron chi connectivity index (χ4n) is 3.88. The van der Waals surface area contributed by atoms with Crippen molar-refractivity contribution < 1.29 is 34.4 Å². The van der Waals surface area contributed by atoms with E-state index in [0.29, 0.717) is 0 Å². The van der Waals surface area contributed by atoms with Gasteiger partial charge in [-0.1, -0.05) is 65.0 Å². The number of allylic oxidation sites excluding steroid dienone is 2.